The summed E-state index contributed by atoms with van der Waals surface area (Å²) in [6, 6.07) is 18.0. The monoisotopic (exact) mass is 392 g/mol. The van der Waals surface area contributed by atoms with Crippen molar-refractivity contribution in [1.82, 2.24) is 0 Å². The van der Waals surface area contributed by atoms with Crippen LogP contribution in [0.1, 0.15) is 5.76 Å². The van der Waals surface area contributed by atoms with Gasteiger partial charge in [0.2, 0.25) is 0 Å². The van der Waals surface area contributed by atoms with Crippen molar-refractivity contribution in [2.24, 2.45) is 0 Å². The standard InChI is InChI=1S/C20H12N2O5S/c23-19-18(28-20(24)21(19)14-4-2-1-3-5-14)12-16-10-11-17(27-16)13-6-8-15(9-7-13)22(25)26/h1-12H/b18-12-. The van der Waals surface area contributed by atoms with Crippen LogP contribution in [0.3, 0.4) is 0 Å². The molecule has 0 atom stereocenters. The van der Waals surface area contributed by atoms with Gasteiger partial charge in [-0.3, -0.25) is 19.7 Å². The highest BCUT2D eigenvalue weighted by Crippen LogP contribution is 2.36. The van der Waals surface area contributed by atoms with Gasteiger partial charge in [0.1, 0.15) is 11.5 Å². The van der Waals surface area contributed by atoms with Crippen molar-refractivity contribution in [3.8, 4) is 11.3 Å². The Hall–Kier alpha value is -3.65. The molecule has 8 heteroatoms. The molecule has 1 aliphatic rings. The van der Waals surface area contributed by atoms with Crippen LogP contribution in [-0.2, 0) is 4.79 Å². The molecule has 0 aliphatic carbocycles. The summed E-state index contributed by atoms with van der Waals surface area (Å²) in [6.07, 6.45) is 1.52. The first-order valence-electron chi connectivity index (χ1n) is 8.20. The molecule has 2 aromatic carbocycles. The molecule has 1 saturated heterocycles. The second kappa shape index (κ2) is 7.16. The Morgan fingerprint density at radius 2 is 1.68 bits per heavy atom. The van der Waals surface area contributed by atoms with Crippen molar-refractivity contribution in [3.05, 3.63) is 87.5 Å². The lowest BCUT2D eigenvalue weighted by molar-refractivity contribution is -0.384. The molecule has 138 valence electrons. The van der Waals surface area contributed by atoms with Crippen LogP contribution in [0.4, 0.5) is 16.2 Å². The third-order valence-electron chi connectivity index (χ3n) is 4.07. The van der Waals surface area contributed by atoms with E-state index in [4.69, 9.17) is 4.42 Å². The largest absolute Gasteiger partial charge is 0.457 e. The lowest BCUT2D eigenvalue weighted by atomic mass is 10.1. The number of para-hydroxylation sites is 1. The zero-order valence-corrected chi connectivity index (χ0v) is 15.1. The van der Waals surface area contributed by atoms with E-state index >= 15 is 0 Å². The lowest BCUT2D eigenvalue weighted by Gasteiger charge is -2.11. The molecular weight excluding hydrogens is 380 g/mol. The van der Waals surface area contributed by atoms with Gasteiger partial charge in [-0.2, -0.15) is 0 Å². The van der Waals surface area contributed by atoms with Gasteiger partial charge in [0.05, 0.1) is 15.5 Å². The number of hydrogen-bond acceptors (Lipinski definition) is 6. The Bertz CT molecular complexity index is 1100. The van der Waals surface area contributed by atoms with Crippen molar-refractivity contribution < 1.29 is 18.9 Å². The maximum absolute atomic E-state index is 12.6. The van der Waals surface area contributed by atoms with Gasteiger partial charge < -0.3 is 4.42 Å². The fourth-order valence-electron chi connectivity index (χ4n) is 2.73. The fourth-order valence-corrected chi connectivity index (χ4v) is 3.55. The number of carbonyl (C=O) groups excluding carboxylic acids is 2. The third kappa shape index (κ3) is 3.33. The minimum atomic E-state index is -0.472. The molecule has 1 aliphatic heterocycles. The smallest absolute Gasteiger partial charge is 0.298 e. The Morgan fingerprint density at radius 1 is 0.964 bits per heavy atom. The highest BCUT2D eigenvalue weighted by Gasteiger charge is 2.36. The minimum Gasteiger partial charge on any atom is -0.457 e. The number of imide groups is 1. The van der Waals surface area contributed by atoms with Gasteiger partial charge >= 0.3 is 0 Å². The average molecular weight is 392 g/mol. The Morgan fingerprint density at radius 3 is 2.36 bits per heavy atom. The number of carbonyl (C=O) groups is 2. The summed E-state index contributed by atoms with van der Waals surface area (Å²) in [5, 5.41) is 10.4. The van der Waals surface area contributed by atoms with Gasteiger partial charge in [-0.05, 0) is 48.2 Å². The molecule has 0 bridgehead atoms. The van der Waals surface area contributed by atoms with Crippen LogP contribution in [0.2, 0.25) is 0 Å². The topological polar surface area (TPSA) is 93.7 Å². The summed E-state index contributed by atoms with van der Waals surface area (Å²) < 4.78 is 5.71. The number of hydrogen-bond donors (Lipinski definition) is 0. The van der Waals surface area contributed by atoms with Crippen LogP contribution >= 0.6 is 11.8 Å². The Balaban J connectivity index is 1.58. The predicted octanol–water partition coefficient (Wildman–Crippen LogP) is 5.10. The molecule has 3 aromatic rings. The first kappa shape index (κ1) is 17.7. The number of benzene rings is 2. The number of nitro benzene ring substituents is 1. The minimum absolute atomic E-state index is 0.00915. The van der Waals surface area contributed by atoms with Gasteiger partial charge in [0.15, 0.2) is 0 Å². The van der Waals surface area contributed by atoms with Crippen LogP contribution in [-0.4, -0.2) is 16.1 Å². The summed E-state index contributed by atoms with van der Waals surface area (Å²) in [7, 11) is 0. The van der Waals surface area contributed by atoms with Crippen molar-refractivity contribution in [1.29, 1.82) is 0 Å². The van der Waals surface area contributed by atoms with E-state index in [0.29, 0.717) is 22.8 Å². The normalized spacial score (nSPS) is 15.4. The molecule has 0 N–H and O–H groups in total. The van der Waals surface area contributed by atoms with E-state index in [2.05, 4.69) is 0 Å². The average Bonchev–Trinajstić information content (AvgIpc) is 3.27. The Kier molecular flexibility index (Phi) is 4.54. The van der Waals surface area contributed by atoms with Crippen LogP contribution in [0, 0.1) is 10.1 Å². The quantitative estimate of drug-likeness (QED) is 0.348. The van der Waals surface area contributed by atoms with E-state index in [-0.39, 0.29) is 15.8 Å². The first-order chi connectivity index (χ1) is 13.5. The summed E-state index contributed by atoms with van der Waals surface area (Å²) in [5.41, 5.74) is 1.17. The molecule has 0 saturated carbocycles. The summed E-state index contributed by atoms with van der Waals surface area (Å²) in [4.78, 5) is 36.5. The Labute approximate surface area is 163 Å². The molecule has 1 fully saturated rings. The molecule has 2 amide bonds. The lowest BCUT2D eigenvalue weighted by Crippen LogP contribution is -2.27. The van der Waals surface area contributed by atoms with E-state index in [9.17, 15) is 19.7 Å². The molecule has 7 nitrogen and oxygen atoms in total. The predicted molar refractivity (Wildman–Crippen MR) is 106 cm³/mol. The van der Waals surface area contributed by atoms with Gasteiger partial charge in [-0.25, -0.2) is 4.90 Å². The van der Waals surface area contributed by atoms with E-state index < -0.39 is 10.8 Å². The van der Waals surface area contributed by atoms with Gasteiger partial charge in [0.25, 0.3) is 16.8 Å². The van der Waals surface area contributed by atoms with E-state index in [1.807, 2.05) is 0 Å². The molecule has 2 heterocycles. The fraction of sp³-hybridized carbons (Fsp3) is 0. The number of non-ortho nitro benzene ring substituents is 1. The molecular formula is C20H12N2O5S. The van der Waals surface area contributed by atoms with Gasteiger partial charge in [-0.15, -0.1) is 0 Å². The maximum atomic E-state index is 12.6. The van der Waals surface area contributed by atoms with E-state index in [0.717, 1.165) is 16.7 Å². The van der Waals surface area contributed by atoms with Gasteiger partial charge in [-0.1, -0.05) is 18.2 Å². The highest BCUT2D eigenvalue weighted by atomic mass is 32.2. The number of nitrogens with zero attached hydrogens (tertiary/aromatic N) is 2. The van der Waals surface area contributed by atoms with Crippen molar-refractivity contribution >= 4 is 40.4 Å². The maximum Gasteiger partial charge on any atom is 0.298 e. The molecule has 0 unspecified atom stereocenters. The molecule has 28 heavy (non-hydrogen) atoms. The van der Waals surface area contributed by atoms with Crippen LogP contribution in [0.5, 0.6) is 0 Å². The third-order valence-corrected chi connectivity index (χ3v) is 4.94. The van der Waals surface area contributed by atoms with Crippen LogP contribution < -0.4 is 4.90 Å². The summed E-state index contributed by atoms with van der Waals surface area (Å²) in [6.45, 7) is 0. The van der Waals surface area contributed by atoms with Crippen molar-refractivity contribution in [2.45, 2.75) is 0 Å². The second-order valence-corrected chi connectivity index (χ2v) is 6.85. The summed E-state index contributed by atoms with van der Waals surface area (Å²) in [5.74, 6) is 0.504. The number of rotatable bonds is 4. The van der Waals surface area contributed by atoms with Crippen LogP contribution in [0.25, 0.3) is 17.4 Å². The number of anilines is 1. The van der Waals surface area contributed by atoms with E-state index in [1.54, 1.807) is 54.6 Å². The van der Waals surface area contributed by atoms with E-state index in [1.165, 1.54) is 18.2 Å². The molecule has 0 radical (unpaired) electrons. The molecule has 0 spiro atoms. The number of amides is 2. The van der Waals surface area contributed by atoms with Crippen LogP contribution in [0.15, 0.2) is 76.1 Å². The summed E-state index contributed by atoms with van der Waals surface area (Å²) >= 11 is 0.845. The second-order valence-electron chi connectivity index (χ2n) is 5.86. The van der Waals surface area contributed by atoms with Crippen molar-refractivity contribution in [3.63, 3.8) is 0 Å². The number of thioether (sulfide) groups is 1. The zero-order valence-electron chi connectivity index (χ0n) is 14.3. The highest BCUT2D eigenvalue weighted by molar-refractivity contribution is 8.19. The molecule has 4 rings (SSSR count). The van der Waals surface area contributed by atoms with Crippen molar-refractivity contribution in [2.75, 3.05) is 4.90 Å². The first-order valence-corrected chi connectivity index (χ1v) is 9.02. The number of furan rings is 1. The SMILES string of the molecule is O=C1S/C(=C\c2ccc(-c3ccc([N+](=O)[O-])cc3)o2)C(=O)N1c1ccccc1. The van der Waals surface area contributed by atoms with Gasteiger partial charge in [0, 0.05) is 23.8 Å². The molecule has 1 aromatic heterocycles. The number of nitro groups is 1. The zero-order chi connectivity index (χ0) is 19.7.